The molecule has 0 N–H and O–H groups in total. The molecule has 0 aromatic rings. The van der Waals surface area contributed by atoms with E-state index >= 15 is 0 Å². The van der Waals surface area contributed by atoms with Gasteiger partial charge in [0.05, 0.1) is 6.07 Å². The Hall–Kier alpha value is -1.92. The van der Waals surface area contributed by atoms with E-state index in [1.165, 1.54) is 0 Å². The first-order chi connectivity index (χ1) is 7.51. The maximum Gasteiger partial charge on any atom is 0.129 e. The van der Waals surface area contributed by atoms with Gasteiger partial charge in [-0.15, -0.1) is 0 Å². The van der Waals surface area contributed by atoms with Crippen molar-refractivity contribution in [1.82, 2.24) is 0 Å². The predicted octanol–water partition coefficient (Wildman–Crippen LogP) is 3.67. The third kappa shape index (κ3) is 5.74. The highest BCUT2D eigenvalue weighted by atomic mass is 32.1. The van der Waals surface area contributed by atoms with Crippen molar-refractivity contribution in [1.29, 1.82) is 5.26 Å². The number of hydrogen-bond acceptors (Lipinski definition) is 3. The average molecular weight is 231 g/mol. The molecule has 0 aliphatic heterocycles. The number of rotatable bonds is 6. The molecular formula is C13H13NOS. The van der Waals surface area contributed by atoms with Gasteiger partial charge >= 0.3 is 0 Å². The largest absolute Gasteiger partial charge is 0.430 e. The van der Waals surface area contributed by atoms with Crippen LogP contribution in [-0.4, -0.2) is 0 Å². The lowest BCUT2D eigenvalue weighted by atomic mass is 10.1. The molecule has 0 amide bonds. The summed E-state index contributed by atoms with van der Waals surface area (Å²) in [6.45, 7) is 14.7. The van der Waals surface area contributed by atoms with Crippen LogP contribution in [0.1, 0.15) is 0 Å². The Balaban J connectivity index is 4.43. The van der Waals surface area contributed by atoms with Gasteiger partial charge in [0.1, 0.15) is 5.76 Å². The Kier molecular flexibility index (Phi) is 6.50. The van der Waals surface area contributed by atoms with E-state index in [-0.39, 0.29) is 0 Å². The minimum atomic E-state index is 0.362. The molecule has 0 radical (unpaired) electrons. The van der Waals surface area contributed by atoms with Crippen LogP contribution in [0.3, 0.4) is 0 Å². The first-order valence-electron chi connectivity index (χ1n) is 4.35. The predicted molar refractivity (Wildman–Crippen MR) is 70.5 cm³/mol. The quantitative estimate of drug-likeness (QED) is 0.249. The third-order valence-corrected chi connectivity index (χ3v) is 1.86. The van der Waals surface area contributed by atoms with Crippen molar-refractivity contribution in [2.45, 2.75) is 0 Å². The second-order valence-electron chi connectivity index (χ2n) is 2.91. The average Bonchev–Trinajstić information content (AvgIpc) is 2.31. The lowest BCUT2D eigenvalue weighted by Gasteiger charge is -1.99. The van der Waals surface area contributed by atoms with Crippen LogP contribution >= 0.6 is 12.9 Å². The molecule has 0 aromatic heterocycles. The number of nitrogens with zero attached hydrogens (tertiary/aromatic N) is 1. The number of allylic oxidation sites excluding steroid dienone is 7. The Morgan fingerprint density at radius 1 is 1.00 bits per heavy atom. The van der Waals surface area contributed by atoms with E-state index in [2.05, 4.69) is 43.4 Å². The fraction of sp³-hybridized carbons (Fsp3) is 0. The van der Waals surface area contributed by atoms with Crippen molar-refractivity contribution >= 4 is 12.9 Å². The van der Waals surface area contributed by atoms with Gasteiger partial charge in [-0.25, -0.2) is 0 Å². The van der Waals surface area contributed by atoms with Gasteiger partial charge in [-0.05, 0) is 23.3 Å². The first-order valence-corrected chi connectivity index (χ1v) is 4.71. The van der Waals surface area contributed by atoms with E-state index < -0.39 is 0 Å². The van der Waals surface area contributed by atoms with Crippen LogP contribution in [0.15, 0.2) is 73.1 Å². The van der Waals surface area contributed by atoms with Crippen LogP contribution in [0.25, 0.3) is 0 Å². The van der Waals surface area contributed by atoms with Crippen molar-refractivity contribution in [3.63, 3.8) is 0 Å². The molecule has 0 aliphatic rings. The molecule has 0 heterocycles. The van der Waals surface area contributed by atoms with Crippen molar-refractivity contribution in [2.75, 3.05) is 0 Å². The van der Waals surface area contributed by atoms with Crippen LogP contribution in [0.2, 0.25) is 0 Å². The molecule has 2 nitrogen and oxygen atoms in total. The summed E-state index contributed by atoms with van der Waals surface area (Å²) in [4.78, 5) is 0. The highest BCUT2D eigenvalue weighted by Gasteiger charge is 1.93. The van der Waals surface area contributed by atoms with Crippen LogP contribution in [0.5, 0.6) is 0 Å². The molecule has 16 heavy (non-hydrogen) atoms. The molecule has 0 aliphatic carbocycles. The van der Waals surface area contributed by atoms with Gasteiger partial charge in [-0.3, -0.25) is 0 Å². The summed E-state index contributed by atoms with van der Waals surface area (Å²) in [6.07, 6.45) is 6.56. The van der Waals surface area contributed by atoms with Crippen LogP contribution in [-0.2, 0) is 4.18 Å². The highest BCUT2D eigenvalue weighted by molar-refractivity contribution is 7.75. The van der Waals surface area contributed by atoms with Gasteiger partial charge in [0.15, 0.2) is 0 Å². The lowest BCUT2D eigenvalue weighted by molar-refractivity contribution is 0.536. The van der Waals surface area contributed by atoms with E-state index in [0.717, 1.165) is 0 Å². The number of thiol groups is 1. The van der Waals surface area contributed by atoms with Crippen molar-refractivity contribution < 1.29 is 4.18 Å². The zero-order valence-electron chi connectivity index (χ0n) is 8.94. The lowest BCUT2D eigenvalue weighted by Crippen LogP contribution is -1.80. The summed E-state index contributed by atoms with van der Waals surface area (Å²) in [7, 11) is 0. The second kappa shape index (κ2) is 7.38. The normalized spacial score (nSPS) is 10.0. The summed E-state index contributed by atoms with van der Waals surface area (Å²) in [5.74, 6) is 0.405. The van der Waals surface area contributed by atoms with Gasteiger partial charge in [0.2, 0.25) is 0 Å². The zero-order valence-corrected chi connectivity index (χ0v) is 9.83. The Labute approximate surface area is 102 Å². The maximum absolute atomic E-state index is 8.49. The Morgan fingerprint density at radius 3 is 1.94 bits per heavy atom. The highest BCUT2D eigenvalue weighted by Crippen LogP contribution is 2.11. The topological polar surface area (TPSA) is 33.0 Å². The van der Waals surface area contributed by atoms with Crippen LogP contribution in [0.4, 0.5) is 0 Å². The molecule has 0 unspecified atom stereocenters. The first kappa shape index (κ1) is 14.1. The van der Waals surface area contributed by atoms with Gasteiger partial charge in [0.25, 0.3) is 0 Å². The standard InChI is InChI=1S/C13H13NOS/c1-10(9-14)5-6-11(2)12(3)7-8-13(4)15-16/h5-8,16H,1-4H2/b6-5-,8-7-. The summed E-state index contributed by atoms with van der Waals surface area (Å²) in [5.41, 5.74) is 1.73. The van der Waals surface area contributed by atoms with Crippen LogP contribution < -0.4 is 0 Å². The third-order valence-electron chi connectivity index (χ3n) is 1.63. The minimum absolute atomic E-state index is 0.362. The monoisotopic (exact) mass is 231 g/mol. The smallest absolute Gasteiger partial charge is 0.129 e. The van der Waals surface area contributed by atoms with Crippen molar-refractivity contribution in [2.24, 2.45) is 0 Å². The molecule has 0 saturated carbocycles. The van der Waals surface area contributed by atoms with E-state index in [1.807, 2.05) is 6.07 Å². The fourth-order valence-electron chi connectivity index (χ4n) is 0.676. The van der Waals surface area contributed by atoms with Gasteiger partial charge in [-0.1, -0.05) is 38.5 Å². The molecule has 0 spiro atoms. The van der Waals surface area contributed by atoms with Gasteiger partial charge in [-0.2, -0.15) is 5.26 Å². The molecule has 0 rings (SSSR count). The summed E-state index contributed by atoms with van der Waals surface area (Å²) in [5, 5.41) is 8.49. The molecule has 0 saturated heterocycles. The SMILES string of the molecule is C=C(C#N)/C=C\C(=C)C(=C)/C=C\C(=C)OS. The molecule has 3 heteroatoms. The number of hydrogen-bond donors (Lipinski definition) is 1. The second-order valence-corrected chi connectivity index (χ2v) is 3.09. The van der Waals surface area contributed by atoms with Crippen molar-refractivity contribution in [3.8, 4) is 6.07 Å². The van der Waals surface area contributed by atoms with Gasteiger partial charge < -0.3 is 4.18 Å². The maximum atomic E-state index is 8.49. The Morgan fingerprint density at radius 2 is 1.50 bits per heavy atom. The Bertz CT molecular complexity index is 422. The van der Waals surface area contributed by atoms with E-state index in [0.29, 0.717) is 22.5 Å². The summed E-state index contributed by atoms with van der Waals surface area (Å²) < 4.78 is 4.56. The fourth-order valence-corrected chi connectivity index (χ4v) is 0.737. The van der Waals surface area contributed by atoms with Gasteiger partial charge in [0, 0.05) is 18.5 Å². The molecular weight excluding hydrogens is 218 g/mol. The molecule has 0 fully saturated rings. The van der Waals surface area contributed by atoms with E-state index in [1.54, 1.807) is 24.3 Å². The van der Waals surface area contributed by atoms with E-state index in [9.17, 15) is 0 Å². The number of nitriles is 1. The summed E-state index contributed by atoms with van der Waals surface area (Å²) >= 11 is 3.59. The molecule has 0 atom stereocenters. The molecule has 0 bridgehead atoms. The zero-order chi connectivity index (χ0) is 12.6. The van der Waals surface area contributed by atoms with E-state index in [4.69, 9.17) is 5.26 Å². The molecule has 0 aromatic carbocycles. The van der Waals surface area contributed by atoms with Crippen LogP contribution in [0, 0.1) is 11.3 Å². The van der Waals surface area contributed by atoms with Crippen molar-refractivity contribution in [3.05, 3.63) is 73.1 Å². The summed E-state index contributed by atoms with van der Waals surface area (Å²) in [6, 6.07) is 1.90. The minimum Gasteiger partial charge on any atom is -0.430 e. The molecule has 82 valence electrons.